The number of rotatable bonds is 3. The summed E-state index contributed by atoms with van der Waals surface area (Å²) in [6, 6.07) is 0. The smallest absolute Gasteiger partial charge is 0.249 e. The molecular weight excluding hydrogens is 329 g/mol. The van der Waals surface area contributed by atoms with Gasteiger partial charge in [0.1, 0.15) is 12.8 Å². The summed E-state index contributed by atoms with van der Waals surface area (Å²) in [5, 5.41) is 2.61. The SMILES string of the molecule is C[C@H]1[C@H](C(=O)NCCF)O[C@@H]2O[C@@]3(C)CC[C@H]4[C@H](C)CC[C@@H]1[C@@]24OO3. The van der Waals surface area contributed by atoms with Crippen molar-refractivity contribution in [1.82, 2.24) is 5.32 Å². The third kappa shape index (κ3) is 2.54. The van der Waals surface area contributed by atoms with Crippen LogP contribution in [0.2, 0.25) is 0 Å². The monoisotopic (exact) mass is 357 g/mol. The lowest BCUT2D eigenvalue weighted by Crippen LogP contribution is -2.71. The number of halogens is 1. The Morgan fingerprint density at radius 3 is 2.76 bits per heavy atom. The second-order valence-electron chi connectivity index (χ2n) is 8.31. The molecule has 5 aliphatic rings. The van der Waals surface area contributed by atoms with Crippen molar-refractivity contribution in [3.8, 4) is 0 Å². The van der Waals surface area contributed by atoms with Crippen molar-refractivity contribution in [2.45, 2.75) is 70.2 Å². The van der Waals surface area contributed by atoms with Gasteiger partial charge in [-0.15, -0.1) is 0 Å². The molecule has 1 spiro atoms. The van der Waals surface area contributed by atoms with E-state index in [1.807, 2.05) is 13.8 Å². The fourth-order valence-corrected chi connectivity index (χ4v) is 5.48. The number of hydrogen-bond acceptors (Lipinski definition) is 5. The minimum Gasteiger partial charge on any atom is -0.351 e. The van der Waals surface area contributed by atoms with Gasteiger partial charge in [0.15, 0.2) is 11.9 Å². The highest BCUT2D eigenvalue weighted by Gasteiger charge is 2.69. The zero-order valence-corrected chi connectivity index (χ0v) is 15.1. The van der Waals surface area contributed by atoms with Gasteiger partial charge in [0, 0.05) is 18.9 Å². The van der Waals surface area contributed by atoms with Gasteiger partial charge in [-0.3, -0.25) is 4.79 Å². The van der Waals surface area contributed by atoms with E-state index in [-0.39, 0.29) is 30.2 Å². The average molecular weight is 357 g/mol. The zero-order chi connectivity index (χ0) is 17.8. The van der Waals surface area contributed by atoms with E-state index in [2.05, 4.69) is 12.2 Å². The Morgan fingerprint density at radius 2 is 2.00 bits per heavy atom. The van der Waals surface area contributed by atoms with Crippen molar-refractivity contribution >= 4 is 5.91 Å². The van der Waals surface area contributed by atoms with Crippen LogP contribution >= 0.6 is 0 Å². The van der Waals surface area contributed by atoms with Crippen LogP contribution in [0.3, 0.4) is 0 Å². The van der Waals surface area contributed by atoms with Crippen molar-refractivity contribution < 1.29 is 28.4 Å². The van der Waals surface area contributed by atoms with Gasteiger partial charge in [0.25, 0.3) is 0 Å². The van der Waals surface area contributed by atoms with E-state index < -0.39 is 30.5 Å². The van der Waals surface area contributed by atoms with E-state index >= 15 is 0 Å². The Balaban J connectivity index is 1.68. The molecule has 6 nitrogen and oxygen atoms in total. The molecule has 4 heterocycles. The van der Waals surface area contributed by atoms with Crippen LogP contribution < -0.4 is 5.32 Å². The lowest BCUT2D eigenvalue weighted by atomic mass is 9.57. The molecule has 0 aromatic carbocycles. The molecule has 1 saturated carbocycles. The van der Waals surface area contributed by atoms with E-state index in [9.17, 15) is 9.18 Å². The third-order valence-electron chi connectivity index (χ3n) is 6.81. The molecule has 4 saturated heterocycles. The second-order valence-corrected chi connectivity index (χ2v) is 8.31. The van der Waals surface area contributed by atoms with Crippen LogP contribution in [0.15, 0.2) is 0 Å². The highest BCUT2D eigenvalue weighted by Crippen LogP contribution is 2.60. The van der Waals surface area contributed by atoms with Crippen LogP contribution in [0.4, 0.5) is 4.39 Å². The molecule has 25 heavy (non-hydrogen) atoms. The van der Waals surface area contributed by atoms with Crippen molar-refractivity contribution in [3.63, 3.8) is 0 Å². The molecule has 0 radical (unpaired) electrons. The molecule has 5 rings (SSSR count). The zero-order valence-electron chi connectivity index (χ0n) is 15.1. The van der Waals surface area contributed by atoms with Crippen molar-refractivity contribution in [2.75, 3.05) is 13.2 Å². The highest BCUT2D eigenvalue weighted by molar-refractivity contribution is 5.81. The summed E-state index contributed by atoms with van der Waals surface area (Å²) >= 11 is 0. The van der Waals surface area contributed by atoms with Gasteiger partial charge in [-0.05, 0) is 43.9 Å². The second kappa shape index (κ2) is 6.15. The molecule has 4 aliphatic heterocycles. The Morgan fingerprint density at radius 1 is 1.20 bits per heavy atom. The van der Waals surface area contributed by atoms with Gasteiger partial charge >= 0.3 is 0 Å². The number of hydrogen-bond donors (Lipinski definition) is 1. The fraction of sp³-hybridized carbons (Fsp3) is 0.944. The summed E-state index contributed by atoms with van der Waals surface area (Å²) < 4.78 is 24.8. The van der Waals surface area contributed by atoms with Crippen LogP contribution in [-0.4, -0.2) is 42.9 Å². The summed E-state index contributed by atoms with van der Waals surface area (Å²) in [5.41, 5.74) is -0.663. The molecule has 1 N–H and O–H groups in total. The number of carbonyl (C=O) groups excluding carboxylic acids is 1. The average Bonchev–Trinajstić information content (AvgIpc) is 2.82. The van der Waals surface area contributed by atoms with Crippen LogP contribution in [0, 0.1) is 23.7 Å². The minimum absolute atomic E-state index is 0.00370. The number of carbonyl (C=O) groups is 1. The van der Waals surface area contributed by atoms with Gasteiger partial charge < -0.3 is 14.8 Å². The normalized spacial score (nSPS) is 51.5. The quantitative estimate of drug-likeness (QED) is 0.786. The minimum atomic E-state index is -0.849. The maximum absolute atomic E-state index is 12.5. The lowest BCUT2D eigenvalue weighted by Gasteiger charge is -2.60. The molecule has 1 aliphatic carbocycles. The van der Waals surface area contributed by atoms with E-state index in [1.165, 1.54) is 0 Å². The number of alkyl halides is 1. The molecule has 5 fully saturated rings. The molecule has 142 valence electrons. The summed E-state index contributed by atoms with van der Waals surface area (Å²) in [4.78, 5) is 24.3. The molecular formula is C18H28FNO5. The fourth-order valence-electron chi connectivity index (χ4n) is 5.48. The molecule has 7 heteroatoms. The largest absolute Gasteiger partial charge is 0.351 e. The lowest BCUT2D eigenvalue weighted by molar-refractivity contribution is -0.569. The van der Waals surface area contributed by atoms with Gasteiger partial charge in [-0.1, -0.05) is 13.8 Å². The molecule has 1 amide bonds. The number of nitrogens with one attached hydrogen (secondary N) is 1. The first-order valence-electron chi connectivity index (χ1n) is 9.45. The predicted molar refractivity (Wildman–Crippen MR) is 85.8 cm³/mol. The maximum atomic E-state index is 12.5. The van der Waals surface area contributed by atoms with Crippen molar-refractivity contribution in [3.05, 3.63) is 0 Å². The first-order chi connectivity index (χ1) is 11.9. The van der Waals surface area contributed by atoms with Gasteiger partial charge in [0.05, 0.1) is 0 Å². The summed E-state index contributed by atoms with van der Waals surface area (Å²) in [7, 11) is 0. The van der Waals surface area contributed by atoms with Crippen LogP contribution in [0.25, 0.3) is 0 Å². The summed E-state index contributed by atoms with van der Waals surface area (Å²) in [5.74, 6) is -0.309. The van der Waals surface area contributed by atoms with Gasteiger partial charge in [0.2, 0.25) is 11.7 Å². The molecule has 0 aromatic heterocycles. The number of amides is 1. The first kappa shape index (κ1) is 17.6. The Labute approximate surface area is 147 Å². The van der Waals surface area contributed by atoms with E-state index in [0.29, 0.717) is 5.92 Å². The number of ether oxygens (including phenoxy) is 2. The summed E-state index contributed by atoms with van der Waals surface area (Å²) in [6.07, 6.45) is 2.43. The Bertz CT molecular complexity index is 548. The summed E-state index contributed by atoms with van der Waals surface area (Å²) in [6.45, 7) is 5.54. The van der Waals surface area contributed by atoms with Crippen LogP contribution in [-0.2, 0) is 24.0 Å². The maximum Gasteiger partial charge on any atom is 0.249 e. The Hall–Kier alpha value is -0.760. The predicted octanol–water partition coefficient (Wildman–Crippen LogP) is 2.32. The van der Waals surface area contributed by atoms with Gasteiger partial charge in [-0.25, -0.2) is 14.2 Å². The molecule has 2 bridgehead atoms. The number of fused-ring (bicyclic) bond motifs is 2. The van der Waals surface area contributed by atoms with Crippen LogP contribution in [0.5, 0.6) is 0 Å². The van der Waals surface area contributed by atoms with E-state index in [1.54, 1.807) is 0 Å². The van der Waals surface area contributed by atoms with E-state index in [0.717, 1.165) is 25.7 Å². The molecule has 0 aromatic rings. The first-order valence-corrected chi connectivity index (χ1v) is 9.45. The standard InChI is InChI=1S/C18H28FNO5/c1-10-4-5-13-11(2)14(15(21)20-9-8-19)22-16-18(13)12(10)6-7-17(3,23-16)24-25-18/h10-14,16H,4-9H2,1-3H3,(H,20,21)/t10-,11-,12+,13+,14-,16-,17-,18-/m1/s1. The highest BCUT2D eigenvalue weighted by atomic mass is 19.1. The van der Waals surface area contributed by atoms with Crippen molar-refractivity contribution in [2.24, 2.45) is 23.7 Å². The molecule has 8 atom stereocenters. The van der Waals surface area contributed by atoms with Crippen LogP contribution in [0.1, 0.15) is 46.5 Å². The molecule has 0 unspecified atom stereocenters. The van der Waals surface area contributed by atoms with Crippen molar-refractivity contribution in [1.29, 1.82) is 0 Å². The Kier molecular flexibility index (Phi) is 4.34. The van der Waals surface area contributed by atoms with Gasteiger partial charge in [-0.2, -0.15) is 0 Å². The topological polar surface area (TPSA) is 66.0 Å². The van der Waals surface area contributed by atoms with E-state index in [4.69, 9.17) is 19.2 Å². The third-order valence-corrected chi connectivity index (χ3v) is 6.81.